The van der Waals surface area contributed by atoms with Gasteiger partial charge in [0, 0.05) is 10.4 Å². The van der Waals surface area contributed by atoms with Crippen LogP contribution in [-0.2, 0) is 10.0 Å². The maximum atomic E-state index is 11.6. The molecule has 124 valence electrons. The van der Waals surface area contributed by atoms with E-state index in [1.54, 1.807) is 6.07 Å². The summed E-state index contributed by atoms with van der Waals surface area (Å²) in [6, 6.07) is 3.04. The predicted octanol–water partition coefficient (Wildman–Crippen LogP) is 3.33. The van der Waals surface area contributed by atoms with Gasteiger partial charge in [-0.25, -0.2) is 18.3 Å². The number of halogens is 3. The van der Waals surface area contributed by atoms with Crippen LogP contribution in [0, 0.1) is 0 Å². The Kier molecular flexibility index (Phi) is 5.20. The largest absolute Gasteiger partial charge is 0.347 e. The van der Waals surface area contributed by atoms with Crippen LogP contribution in [0.25, 0.3) is 0 Å². The fraction of sp³-hybridized carbons (Fsp3) is 0.500. The summed E-state index contributed by atoms with van der Waals surface area (Å²) in [5.41, 5.74) is 0.437. The molecule has 0 amide bonds. The third-order valence-electron chi connectivity index (χ3n) is 3.11. The van der Waals surface area contributed by atoms with E-state index in [-0.39, 0.29) is 21.6 Å². The topological polar surface area (TPSA) is 75.4 Å². The highest BCUT2D eigenvalue weighted by molar-refractivity contribution is 7.97. The summed E-state index contributed by atoms with van der Waals surface area (Å²) in [5, 5.41) is 5.26. The quantitative estimate of drug-likeness (QED) is 0.584. The Morgan fingerprint density at radius 2 is 1.95 bits per heavy atom. The van der Waals surface area contributed by atoms with Gasteiger partial charge in [0.05, 0.1) is 10.7 Å². The number of rotatable bonds is 2. The number of hydrogen-bond acceptors (Lipinski definition) is 5. The summed E-state index contributed by atoms with van der Waals surface area (Å²) >= 11 is 19.5. The zero-order valence-electron chi connectivity index (χ0n) is 12.1. The smallest absolute Gasteiger partial charge is 0.239 e. The molecule has 1 unspecified atom stereocenters. The molecule has 1 heterocycles. The molecule has 0 saturated heterocycles. The number of hydrogen-bond donors (Lipinski definition) is 2. The van der Waals surface area contributed by atoms with Crippen LogP contribution in [0.15, 0.2) is 21.9 Å². The summed E-state index contributed by atoms with van der Waals surface area (Å²) in [7, 11) is -3.89. The van der Waals surface area contributed by atoms with Gasteiger partial charge in [-0.05, 0) is 44.9 Å². The number of sulfonamides is 1. The van der Waals surface area contributed by atoms with Gasteiger partial charge in [-0.15, -0.1) is 23.2 Å². The van der Waals surface area contributed by atoms with Crippen molar-refractivity contribution in [2.75, 3.05) is 4.90 Å². The molecular formula is C12H16Cl3N3O2S2. The van der Waals surface area contributed by atoms with Crippen LogP contribution < -0.4 is 14.8 Å². The second kappa shape index (κ2) is 6.20. The maximum absolute atomic E-state index is 11.6. The van der Waals surface area contributed by atoms with Gasteiger partial charge in [0.15, 0.2) is 0 Å². The van der Waals surface area contributed by atoms with Crippen molar-refractivity contribution < 1.29 is 8.42 Å². The Hall–Kier alpha value is 0.110. The third kappa shape index (κ3) is 3.61. The first-order valence-corrected chi connectivity index (χ1v) is 9.90. The number of benzene rings is 1. The molecule has 0 bridgehead atoms. The molecule has 0 fully saturated rings. The zero-order chi connectivity index (χ0) is 16.9. The van der Waals surface area contributed by atoms with E-state index >= 15 is 0 Å². The Morgan fingerprint density at radius 3 is 2.41 bits per heavy atom. The number of nitrogens with zero attached hydrogens (tertiary/aromatic N) is 1. The monoisotopic (exact) mass is 403 g/mol. The van der Waals surface area contributed by atoms with Gasteiger partial charge in [-0.1, -0.05) is 11.6 Å². The zero-order valence-corrected chi connectivity index (χ0v) is 16.0. The molecule has 10 heteroatoms. The Morgan fingerprint density at radius 1 is 1.36 bits per heavy atom. The van der Waals surface area contributed by atoms with Gasteiger partial charge in [0.1, 0.15) is 15.9 Å². The molecule has 5 nitrogen and oxygen atoms in total. The standard InChI is InChI=1S/C12H16Cl3N3O2S2/c1-12(2,3)18-7-4-6(13)9(22(16,19)20)5-8(7)21-17-11(18)10(14)15/h4-5,10-11,17H,1-3H3,(H2,16,19,20). The van der Waals surface area contributed by atoms with Crippen molar-refractivity contribution in [3.8, 4) is 0 Å². The van der Waals surface area contributed by atoms with Crippen LogP contribution >= 0.6 is 46.8 Å². The van der Waals surface area contributed by atoms with E-state index in [1.807, 2.05) is 25.7 Å². The van der Waals surface area contributed by atoms with E-state index < -0.39 is 14.9 Å². The highest BCUT2D eigenvalue weighted by Gasteiger charge is 2.38. The molecule has 22 heavy (non-hydrogen) atoms. The molecule has 0 aromatic heterocycles. The van der Waals surface area contributed by atoms with Crippen molar-refractivity contribution in [3.63, 3.8) is 0 Å². The summed E-state index contributed by atoms with van der Waals surface area (Å²) in [6.07, 6.45) is -0.350. The van der Waals surface area contributed by atoms with Crippen molar-refractivity contribution in [2.24, 2.45) is 5.14 Å². The lowest BCUT2D eigenvalue weighted by Gasteiger charge is -2.47. The highest BCUT2D eigenvalue weighted by Crippen LogP contribution is 2.43. The van der Waals surface area contributed by atoms with Crippen molar-refractivity contribution in [2.45, 2.75) is 47.1 Å². The minimum atomic E-state index is -3.89. The first kappa shape index (κ1) is 18.4. The number of anilines is 1. The Labute approximate surface area is 149 Å². The van der Waals surface area contributed by atoms with Crippen LogP contribution in [0.4, 0.5) is 5.69 Å². The summed E-state index contributed by atoms with van der Waals surface area (Å²) in [4.78, 5) is 1.87. The van der Waals surface area contributed by atoms with Gasteiger partial charge in [-0.2, -0.15) is 0 Å². The van der Waals surface area contributed by atoms with E-state index in [0.717, 1.165) is 5.69 Å². The molecule has 1 aromatic rings. The average Bonchev–Trinajstić information content (AvgIpc) is 2.33. The number of fused-ring (bicyclic) bond motifs is 1. The molecule has 3 N–H and O–H groups in total. The maximum Gasteiger partial charge on any atom is 0.239 e. The average molecular weight is 405 g/mol. The molecule has 0 aliphatic carbocycles. The summed E-state index contributed by atoms with van der Waals surface area (Å²) in [5.74, 6) is 0. The lowest BCUT2D eigenvalue weighted by Crippen LogP contribution is -2.58. The fourth-order valence-corrected chi connectivity index (χ4v) is 4.88. The SMILES string of the molecule is CC(C)(C)N1c2cc(Cl)c(S(N)(=O)=O)cc2SNC1C(Cl)Cl. The number of nitrogens with two attached hydrogens (primary N) is 1. The van der Waals surface area contributed by atoms with E-state index in [2.05, 4.69) is 4.72 Å². The van der Waals surface area contributed by atoms with Crippen LogP contribution in [-0.4, -0.2) is 25.0 Å². The minimum absolute atomic E-state index is 0.0671. The molecule has 1 aromatic carbocycles. The van der Waals surface area contributed by atoms with E-state index in [0.29, 0.717) is 4.90 Å². The number of nitrogens with one attached hydrogen (secondary N) is 1. The molecule has 0 spiro atoms. The van der Waals surface area contributed by atoms with Gasteiger partial charge in [0.2, 0.25) is 10.0 Å². The third-order valence-corrected chi connectivity index (χ3v) is 5.87. The highest BCUT2D eigenvalue weighted by atomic mass is 35.5. The molecular weight excluding hydrogens is 389 g/mol. The van der Waals surface area contributed by atoms with Crippen LogP contribution in [0.1, 0.15) is 20.8 Å². The minimum Gasteiger partial charge on any atom is -0.347 e. The molecule has 1 aliphatic heterocycles. The fourth-order valence-electron chi connectivity index (χ4n) is 2.28. The molecule has 1 atom stereocenters. The van der Waals surface area contributed by atoms with E-state index in [1.165, 1.54) is 18.0 Å². The first-order chi connectivity index (χ1) is 9.93. The van der Waals surface area contributed by atoms with E-state index in [9.17, 15) is 8.42 Å². The van der Waals surface area contributed by atoms with Crippen molar-refractivity contribution in [1.29, 1.82) is 0 Å². The summed E-state index contributed by atoms with van der Waals surface area (Å²) in [6.45, 7) is 6.00. The van der Waals surface area contributed by atoms with Crippen LogP contribution in [0.3, 0.4) is 0 Å². The summed E-state index contributed by atoms with van der Waals surface area (Å²) < 4.78 is 26.3. The second-order valence-corrected chi connectivity index (χ2v) is 9.82. The van der Waals surface area contributed by atoms with E-state index in [4.69, 9.17) is 39.9 Å². The second-order valence-electron chi connectivity index (χ2n) is 5.84. The molecule has 0 saturated carbocycles. The van der Waals surface area contributed by atoms with Crippen LogP contribution in [0.2, 0.25) is 5.02 Å². The van der Waals surface area contributed by atoms with Gasteiger partial charge >= 0.3 is 0 Å². The Balaban J connectivity index is 2.64. The van der Waals surface area contributed by atoms with Gasteiger partial charge < -0.3 is 4.90 Å². The molecule has 0 radical (unpaired) electrons. The number of primary sulfonamides is 1. The first-order valence-electron chi connectivity index (χ1n) is 6.29. The van der Waals surface area contributed by atoms with Gasteiger partial charge in [0.25, 0.3) is 0 Å². The molecule has 1 aliphatic rings. The molecule has 2 rings (SSSR count). The van der Waals surface area contributed by atoms with Crippen molar-refractivity contribution >= 4 is 62.5 Å². The Bertz CT molecular complexity index is 690. The normalized spacial score (nSPS) is 19.5. The lowest BCUT2D eigenvalue weighted by molar-refractivity contribution is 0.431. The van der Waals surface area contributed by atoms with Gasteiger partial charge in [-0.3, -0.25) is 0 Å². The number of alkyl halides is 2. The van der Waals surface area contributed by atoms with Crippen molar-refractivity contribution in [3.05, 3.63) is 17.2 Å². The van der Waals surface area contributed by atoms with Crippen LogP contribution in [0.5, 0.6) is 0 Å². The lowest BCUT2D eigenvalue weighted by atomic mass is 10.0. The van der Waals surface area contributed by atoms with Crippen molar-refractivity contribution in [1.82, 2.24) is 4.72 Å². The predicted molar refractivity (Wildman–Crippen MR) is 93.3 cm³/mol.